The van der Waals surface area contributed by atoms with Crippen LogP contribution in [0.25, 0.3) is 0 Å². The number of rotatable bonds is 6. The molecule has 3 N–H and O–H groups in total. The van der Waals surface area contributed by atoms with Crippen molar-refractivity contribution in [2.45, 2.75) is 38.8 Å². The number of hydrazine groups is 1. The van der Waals surface area contributed by atoms with Crippen molar-refractivity contribution in [3.8, 4) is 0 Å². The molecule has 2 aromatic rings. The molecule has 0 aliphatic rings. The predicted molar refractivity (Wildman–Crippen MR) is 75.3 cm³/mol. The van der Waals surface area contributed by atoms with Gasteiger partial charge in [-0.2, -0.15) is 5.10 Å². The topological polar surface area (TPSA) is 68.8 Å². The smallest absolute Gasteiger partial charge is 0.138 e. The molecule has 5 nitrogen and oxygen atoms in total. The van der Waals surface area contributed by atoms with Gasteiger partial charge in [-0.25, -0.2) is 18.4 Å². The van der Waals surface area contributed by atoms with Crippen LogP contribution in [-0.4, -0.2) is 20.8 Å². The molecular formula is C14H19F2N5. The number of benzene rings is 1. The van der Waals surface area contributed by atoms with E-state index in [1.807, 2.05) is 13.8 Å². The maximum atomic E-state index is 13.2. The molecule has 0 amide bonds. The van der Waals surface area contributed by atoms with Gasteiger partial charge in [0.05, 0.1) is 0 Å². The lowest BCUT2D eigenvalue weighted by Crippen LogP contribution is -2.39. The minimum atomic E-state index is -0.592. The molecule has 0 aliphatic carbocycles. The highest BCUT2D eigenvalue weighted by molar-refractivity contribution is 5.19. The number of halogens is 2. The molecule has 7 heteroatoms. The van der Waals surface area contributed by atoms with Crippen LogP contribution >= 0.6 is 0 Å². The van der Waals surface area contributed by atoms with Crippen LogP contribution in [0.5, 0.6) is 0 Å². The summed E-state index contributed by atoms with van der Waals surface area (Å²) in [6.45, 7) is 4.01. The van der Waals surface area contributed by atoms with Gasteiger partial charge in [0.25, 0.3) is 0 Å². The van der Waals surface area contributed by atoms with Gasteiger partial charge in [0.2, 0.25) is 0 Å². The molecule has 0 aliphatic heterocycles. The first kappa shape index (κ1) is 15.5. The molecule has 0 fully saturated rings. The summed E-state index contributed by atoms with van der Waals surface area (Å²) < 4.78 is 28.2. The van der Waals surface area contributed by atoms with Crippen molar-refractivity contribution in [3.05, 3.63) is 47.5 Å². The van der Waals surface area contributed by atoms with E-state index in [0.29, 0.717) is 18.4 Å². The van der Waals surface area contributed by atoms with Gasteiger partial charge in [0.1, 0.15) is 23.8 Å². The highest BCUT2D eigenvalue weighted by atomic mass is 19.1. The molecule has 1 unspecified atom stereocenters. The summed E-state index contributed by atoms with van der Waals surface area (Å²) in [5, 5.41) is 4.16. The number of hydrogen-bond acceptors (Lipinski definition) is 4. The number of hydrogen-bond donors (Lipinski definition) is 2. The van der Waals surface area contributed by atoms with Crippen molar-refractivity contribution < 1.29 is 8.78 Å². The molecule has 1 heterocycles. The maximum Gasteiger partial charge on any atom is 0.138 e. The van der Waals surface area contributed by atoms with Crippen LogP contribution in [0, 0.1) is 11.6 Å². The summed E-state index contributed by atoms with van der Waals surface area (Å²) in [6, 6.07) is 3.46. The zero-order valence-corrected chi connectivity index (χ0v) is 12.1. The van der Waals surface area contributed by atoms with Crippen molar-refractivity contribution in [2.24, 2.45) is 5.84 Å². The zero-order valence-electron chi connectivity index (χ0n) is 12.1. The summed E-state index contributed by atoms with van der Waals surface area (Å²) >= 11 is 0. The van der Waals surface area contributed by atoms with Crippen LogP contribution in [0.15, 0.2) is 24.5 Å². The second-order valence-corrected chi connectivity index (χ2v) is 5.26. The summed E-state index contributed by atoms with van der Waals surface area (Å²) in [7, 11) is 0. The minimum absolute atomic E-state index is 0.187. The van der Waals surface area contributed by atoms with Crippen molar-refractivity contribution in [3.63, 3.8) is 0 Å². The van der Waals surface area contributed by atoms with Crippen LogP contribution < -0.4 is 11.3 Å². The Balaban J connectivity index is 2.11. The normalized spacial score (nSPS) is 12.9. The molecule has 0 saturated heterocycles. The van der Waals surface area contributed by atoms with Crippen molar-refractivity contribution >= 4 is 0 Å². The summed E-state index contributed by atoms with van der Waals surface area (Å²) in [5.41, 5.74) is 3.22. The summed E-state index contributed by atoms with van der Waals surface area (Å²) in [6.07, 6.45) is 2.41. The molecule has 1 aromatic carbocycles. The Labute approximate surface area is 122 Å². The zero-order chi connectivity index (χ0) is 15.4. The van der Waals surface area contributed by atoms with Crippen LogP contribution in [0.4, 0.5) is 8.78 Å². The van der Waals surface area contributed by atoms with Crippen LogP contribution in [0.2, 0.25) is 0 Å². The lowest BCUT2D eigenvalue weighted by Gasteiger charge is -2.17. The van der Waals surface area contributed by atoms with E-state index in [9.17, 15) is 8.78 Å². The van der Waals surface area contributed by atoms with E-state index in [4.69, 9.17) is 5.84 Å². The fraction of sp³-hybridized carbons (Fsp3) is 0.429. The Hall–Kier alpha value is -1.86. The Morgan fingerprint density at radius 1 is 1.19 bits per heavy atom. The fourth-order valence-corrected chi connectivity index (χ4v) is 2.28. The molecule has 1 aromatic heterocycles. The van der Waals surface area contributed by atoms with Gasteiger partial charge in [-0.05, 0) is 38.0 Å². The molecule has 0 bridgehead atoms. The highest BCUT2D eigenvalue weighted by Gasteiger charge is 2.15. The van der Waals surface area contributed by atoms with Crippen molar-refractivity contribution in [2.75, 3.05) is 0 Å². The maximum absolute atomic E-state index is 13.2. The van der Waals surface area contributed by atoms with Gasteiger partial charge in [-0.3, -0.25) is 11.3 Å². The first-order valence-electron chi connectivity index (χ1n) is 6.79. The van der Waals surface area contributed by atoms with E-state index >= 15 is 0 Å². The molecule has 21 heavy (non-hydrogen) atoms. The Kier molecular flexibility index (Phi) is 4.98. The fourth-order valence-electron chi connectivity index (χ4n) is 2.28. The molecule has 1 atom stereocenters. The Morgan fingerprint density at radius 3 is 2.43 bits per heavy atom. The number of aromatic nitrogens is 3. The second-order valence-electron chi connectivity index (χ2n) is 5.26. The average molecular weight is 295 g/mol. The standard InChI is InChI=1S/C14H19F2N5/c1-9(2)21-14(18-8-19-21)7-13(20-17)5-10-3-11(15)6-12(16)4-10/h3-4,6,8-9,13,20H,5,7,17H2,1-2H3. The minimum Gasteiger partial charge on any atom is -0.271 e. The number of nitrogens with one attached hydrogen (secondary N) is 1. The van der Waals surface area contributed by atoms with Gasteiger partial charge in [0, 0.05) is 24.6 Å². The summed E-state index contributed by atoms with van der Waals surface area (Å²) in [4.78, 5) is 4.21. The first-order valence-corrected chi connectivity index (χ1v) is 6.79. The number of nitrogens with two attached hydrogens (primary N) is 1. The van der Waals surface area contributed by atoms with Crippen LogP contribution in [0.3, 0.4) is 0 Å². The SMILES string of the molecule is CC(C)n1ncnc1CC(Cc1cc(F)cc(F)c1)NN. The Bertz CT molecular complexity index is 577. The van der Waals surface area contributed by atoms with Crippen molar-refractivity contribution in [1.29, 1.82) is 0 Å². The Morgan fingerprint density at radius 2 is 1.86 bits per heavy atom. The van der Waals surface area contributed by atoms with E-state index < -0.39 is 11.6 Å². The van der Waals surface area contributed by atoms with E-state index in [1.54, 1.807) is 4.68 Å². The van der Waals surface area contributed by atoms with E-state index in [1.165, 1.54) is 18.5 Å². The highest BCUT2D eigenvalue weighted by Crippen LogP contribution is 2.13. The van der Waals surface area contributed by atoms with Crippen molar-refractivity contribution in [1.82, 2.24) is 20.2 Å². The molecular weight excluding hydrogens is 276 g/mol. The summed E-state index contributed by atoms with van der Waals surface area (Å²) in [5.74, 6) is 5.14. The van der Waals surface area contributed by atoms with E-state index in [-0.39, 0.29) is 12.1 Å². The van der Waals surface area contributed by atoms with Gasteiger partial charge in [-0.1, -0.05) is 0 Å². The molecule has 0 saturated carbocycles. The number of nitrogens with zero attached hydrogens (tertiary/aromatic N) is 3. The third-order valence-corrected chi connectivity index (χ3v) is 3.21. The molecule has 0 spiro atoms. The van der Waals surface area contributed by atoms with Gasteiger partial charge < -0.3 is 0 Å². The molecule has 0 radical (unpaired) electrons. The molecule has 2 rings (SSSR count). The van der Waals surface area contributed by atoms with Gasteiger partial charge in [0.15, 0.2) is 0 Å². The average Bonchev–Trinajstić information content (AvgIpc) is 2.85. The van der Waals surface area contributed by atoms with E-state index in [2.05, 4.69) is 15.5 Å². The van der Waals surface area contributed by atoms with Gasteiger partial charge >= 0.3 is 0 Å². The predicted octanol–water partition coefficient (Wildman–Crippen LogP) is 1.75. The van der Waals surface area contributed by atoms with Crippen LogP contribution in [0.1, 0.15) is 31.3 Å². The van der Waals surface area contributed by atoms with Crippen LogP contribution in [-0.2, 0) is 12.8 Å². The van der Waals surface area contributed by atoms with Gasteiger partial charge in [-0.15, -0.1) is 0 Å². The van der Waals surface area contributed by atoms with E-state index in [0.717, 1.165) is 11.9 Å². The first-order chi connectivity index (χ1) is 9.99. The second kappa shape index (κ2) is 6.73. The quantitative estimate of drug-likeness (QED) is 0.629. The monoisotopic (exact) mass is 295 g/mol. The third-order valence-electron chi connectivity index (χ3n) is 3.21. The third kappa shape index (κ3) is 4.05. The lowest BCUT2D eigenvalue weighted by atomic mass is 10.0. The lowest BCUT2D eigenvalue weighted by molar-refractivity contribution is 0.457. The largest absolute Gasteiger partial charge is 0.271 e. The molecule has 114 valence electrons.